The van der Waals surface area contributed by atoms with E-state index in [1.807, 2.05) is 0 Å². The summed E-state index contributed by atoms with van der Waals surface area (Å²) in [6.45, 7) is 1.25. The van der Waals surface area contributed by atoms with E-state index in [1.54, 1.807) is 29.2 Å². The summed E-state index contributed by atoms with van der Waals surface area (Å²) < 4.78 is 52.5. The molecule has 4 rings (SSSR count). The molecule has 0 aromatic heterocycles. The SMILES string of the molecule is COc1ccc(C(=O)N(Cc2ccccc2F)C2CC2)cc1S(=O)(=O)N1CCOCC1. The average Bonchev–Trinajstić information content (AvgIpc) is 3.63. The maximum atomic E-state index is 14.2. The maximum absolute atomic E-state index is 14.2. The Hall–Kier alpha value is -2.49. The molecule has 2 aromatic rings. The van der Waals surface area contributed by atoms with E-state index in [0.29, 0.717) is 18.8 Å². The number of rotatable bonds is 7. The highest BCUT2D eigenvalue weighted by Gasteiger charge is 2.35. The van der Waals surface area contributed by atoms with Gasteiger partial charge in [0.05, 0.1) is 20.3 Å². The van der Waals surface area contributed by atoms with Crippen molar-refractivity contribution >= 4 is 15.9 Å². The zero-order valence-electron chi connectivity index (χ0n) is 17.3. The molecular weight excluding hydrogens is 423 g/mol. The molecule has 1 amide bonds. The van der Waals surface area contributed by atoms with Gasteiger partial charge in [0.2, 0.25) is 10.0 Å². The predicted molar refractivity (Wildman–Crippen MR) is 112 cm³/mol. The molecule has 166 valence electrons. The largest absolute Gasteiger partial charge is 0.495 e. The van der Waals surface area contributed by atoms with Gasteiger partial charge >= 0.3 is 0 Å². The zero-order chi connectivity index (χ0) is 22.0. The van der Waals surface area contributed by atoms with Gasteiger partial charge in [-0.2, -0.15) is 4.31 Å². The lowest BCUT2D eigenvalue weighted by molar-refractivity contribution is 0.0724. The molecule has 2 aromatic carbocycles. The van der Waals surface area contributed by atoms with Crippen molar-refractivity contribution in [3.63, 3.8) is 0 Å². The highest BCUT2D eigenvalue weighted by Crippen LogP contribution is 2.33. The number of amides is 1. The van der Waals surface area contributed by atoms with Crippen LogP contribution in [0.2, 0.25) is 0 Å². The van der Waals surface area contributed by atoms with Gasteiger partial charge in [-0.25, -0.2) is 12.8 Å². The quantitative estimate of drug-likeness (QED) is 0.651. The number of sulfonamides is 1. The molecule has 0 unspecified atom stereocenters. The summed E-state index contributed by atoms with van der Waals surface area (Å²) in [5.74, 6) is -0.520. The van der Waals surface area contributed by atoms with Crippen LogP contribution in [0.25, 0.3) is 0 Å². The number of carbonyl (C=O) groups is 1. The molecule has 2 aliphatic rings. The summed E-state index contributed by atoms with van der Waals surface area (Å²) in [6, 6.07) is 10.8. The molecule has 1 saturated heterocycles. The van der Waals surface area contributed by atoms with E-state index < -0.39 is 10.0 Å². The van der Waals surface area contributed by atoms with Crippen molar-refractivity contribution in [2.45, 2.75) is 30.3 Å². The van der Waals surface area contributed by atoms with Crippen LogP contribution in [0.15, 0.2) is 47.4 Å². The Labute approximate surface area is 181 Å². The predicted octanol–water partition coefficient (Wildman–Crippen LogP) is 2.66. The van der Waals surface area contributed by atoms with Gasteiger partial charge in [0.15, 0.2) is 0 Å². The summed E-state index contributed by atoms with van der Waals surface area (Å²) in [7, 11) is -2.47. The first-order valence-corrected chi connectivity index (χ1v) is 11.7. The molecule has 0 N–H and O–H groups in total. The van der Waals surface area contributed by atoms with Crippen LogP contribution in [0.1, 0.15) is 28.8 Å². The smallest absolute Gasteiger partial charge is 0.254 e. The number of hydrogen-bond donors (Lipinski definition) is 0. The number of halogens is 1. The topological polar surface area (TPSA) is 76.2 Å². The van der Waals surface area contributed by atoms with Crippen LogP contribution in [-0.4, -0.2) is 63.0 Å². The van der Waals surface area contributed by atoms with Crippen molar-refractivity contribution in [3.05, 3.63) is 59.4 Å². The highest BCUT2D eigenvalue weighted by molar-refractivity contribution is 7.89. The molecule has 7 nitrogen and oxygen atoms in total. The minimum atomic E-state index is -3.86. The third kappa shape index (κ3) is 4.58. The Kier molecular flexibility index (Phi) is 6.27. The van der Waals surface area contributed by atoms with E-state index in [4.69, 9.17) is 9.47 Å². The van der Waals surface area contributed by atoms with Crippen LogP contribution in [0.5, 0.6) is 5.75 Å². The molecule has 1 saturated carbocycles. The minimum absolute atomic E-state index is 0.0218. The maximum Gasteiger partial charge on any atom is 0.254 e. The molecule has 1 heterocycles. The van der Waals surface area contributed by atoms with Crippen LogP contribution in [-0.2, 0) is 21.3 Å². The average molecular weight is 449 g/mol. The number of morpholine rings is 1. The van der Waals surface area contributed by atoms with Crippen molar-refractivity contribution < 1.29 is 27.1 Å². The zero-order valence-corrected chi connectivity index (χ0v) is 18.1. The highest BCUT2D eigenvalue weighted by atomic mass is 32.2. The third-order valence-electron chi connectivity index (χ3n) is 5.55. The first-order chi connectivity index (χ1) is 14.9. The lowest BCUT2D eigenvalue weighted by Crippen LogP contribution is -2.40. The van der Waals surface area contributed by atoms with Gasteiger partial charge in [-0.05, 0) is 37.1 Å². The molecule has 1 aliphatic carbocycles. The molecule has 1 aliphatic heterocycles. The Morgan fingerprint density at radius 3 is 2.55 bits per heavy atom. The second kappa shape index (κ2) is 8.94. The van der Waals surface area contributed by atoms with Gasteiger partial charge in [-0.1, -0.05) is 18.2 Å². The van der Waals surface area contributed by atoms with Crippen LogP contribution < -0.4 is 4.74 Å². The molecule has 0 radical (unpaired) electrons. The van der Waals surface area contributed by atoms with Crippen molar-refractivity contribution in [2.24, 2.45) is 0 Å². The fourth-order valence-corrected chi connectivity index (χ4v) is 5.26. The number of nitrogens with zero attached hydrogens (tertiary/aromatic N) is 2. The van der Waals surface area contributed by atoms with E-state index >= 15 is 0 Å². The van der Waals surface area contributed by atoms with Crippen LogP contribution >= 0.6 is 0 Å². The van der Waals surface area contributed by atoms with Crippen LogP contribution in [0.4, 0.5) is 4.39 Å². The van der Waals surface area contributed by atoms with Crippen molar-refractivity contribution in [2.75, 3.05) is 33.4 Å². The molecular formula is C22H25FN2O5S. The number of benzene rings is 2. The van der Waals surface area contributed by atoms with Crippen molar-refractivity contribution in [3.8, 4) is 5.75 Å². The second-order valence-corrected chi connectivity index (χ2v) is 9.54. The van der Waals surface area contributed by atoms with Gasteiger partial charge in [-0.15, -0.1) is 0 Å². The monoisotopic (exact) mass is 448 g/mol. The van der Waals surface area contributed by atoms with Crippen LogP contribution in [0, 0.1) is 5.82 Å². The Morgan fingerprint density at radius 1 is 1.19 bits per heavy atom. The van der Waals surface area contributed by atoms with Crippen molar-refractivity contribution in [1.82, 2.24) is 9.21 Å². The molecule has 2 fully saturated rings. The minimum Gasteiger partial charge on any atom is -0.495 e. The lowest BCUT2D eigenvalue weighted by atomic mass is 10.1. The summed E-state index contributed by atoms with van der Waals surface area (Å²) >= 11 is 0. The van der Waals surface area contributed by atoms with Crippen molar-refractivity contribution in [1.29, 1.82) is 0 Å². The van der Waals surface area contributed by atoms with E-state index in [0.717, 1.165) is 12.8 Å². The summed E-state index contributed by atoms with van der Waals surface area (Å²) in [4.78, 5) is 14.9. The third-order valence-corrected chi connectivity index (χ3v) is 7.47. The lowest BCUT2D eigenvalue weighted by Gasteiger charge is -2.27. The molecule has 31 heavy (non-hydrogen) atoms. The van der Waals surface area contributed by atoms with E-state index in [9.17, 15) is 17.6 Å². The van der Waals surface area contributed by atoms with Gasteiger partial charge in [-0.3, -0.25) is 4.79 Å². The standard InChI is InChI=1S/C22H25FN2O5S/c1-29-20-9-6-16(14-21(20)31(27,28)24-10-12-30-13-11-24)22(26)25(18-7-8-18)15-17-4-2-3-5-19(17)23/h2-6,9,14,18H,7-8,10-13,15H2,1H3. The van der Waals surface area contributed by atoms with E-state index in [-0.39, 0.29) is 53.6 Å². The molecule has 0 bridgehead atoms. The Morgan fingerprint density at radius 2 is 1.90 bits per heavy atom. The molecule has 0 atom stereocenters. The second-order valence-electron chi connectivity index (χ2n) is 7.64. The first-order valence-electron chi connectivity index (χ1n) is 10.2. The fourth-order valence-electron chi connectivity index (χ4n) is 3.67. The summed E-state index contributed by atoms with van der Waals surface area (Å²) in [6.07, 6.45) is 1.69. The summed E-state index contributed by atoms with van der Waals surface area (Å²) in [5, 5.41) is 0. The van der Waals surface area contributed by atoms with Crippen LogP contribution in [0.3, 0.4) is 0 Å². The number of ether oxygens (including phenoxy) is 2. The van der Waals surface area contributed by atoms with Gasteiger partial charge in [0, 0.05) is 36.8 Å². The Balaban J connectivity index is 1.66. The first kappa shape index (κ1) is 21.7. The normalized spacial score (nSPS) is 17.4. The summed E-state index contributed by atoms with van der Waals surface area (Å²) in [5.41, 5.74) is 0.660. The van der Waals surface area contributed by atoms with E-state index in [2.05, 4.69) is 0 Å². The number of hydrogen-bond acceptors (Lipinski definition) is 5. The van der Waals surface area contributed by atoms with E-state index in [1.165, 1.54) is 29.6 Å². The molecule has 0 spiro atoms. The molecule has 9 heteroatoms. The van der Waals surface area contributed by atoms with Gasteiger partial charge in [0.1, 0.15) is 16.5 Å². The number of carbonyl (C=O) groups excluding carboxylic acids is 1. The Bertz CT molecular complexity index is 1070. The van der Waals surface area contributed by atoms with Gasteiger partial charge in [0.25, 0.3) is 5.91 Å². The number of methoxy groups -OCH3 is 1. The fraction of sp³-hybridized carbons (Fsp3) is 0.409. The van der Waals surface area contributed by atoms with Gasteiger partial charge < -0.3 is 14.4 Å².